The number of nitrogens with two attached hydrogens (primary N) is 1. The number of ether oxygens (including phenoxy) is 2. The second-order valence-corrected chi connectivity index (χ2v) is 22.2. The topological polar surface area (TPSA) is 155 Å². The summed E-state index contributed by atoms with van der Waals surface area (Å²) in [7, 11) is 0. The monoisotopic (exact) mass is 1230 g/mol. The standard InChI is InChI=1S/C35H33BrN2O3.C27H25NO4.C8H10BrN/c1-5-41-35(40)28-11-8-10-26(19-28)31-12-7-6-9-29(31)21-38-24(4)22(2)32-20-27(15-18-33(32)38)34(39)37-23(3)25-13-16-30(36)17-14-25;1-4-32-27(31)21-10-7-9-19(14-21)23-11-6-5-8-22(23)16-28-18(3)17(2)24-15-20(26(29)30)12-13-25(24)28;1-6(10)7-2-4-8(9)5-3-7/h6-20,23H,5,21H2,1-4H3,(H,37,39);5-15H,4,16H2,1-3H3,(H,29,30);2-6H,10H2,1H3/t23-;;6-/m0.0/s1. The van der Waals surface area contributed by atoms with Gasteiger partial charge in [-0.15, -0.1) is 0 Å². The molecule has 10 aromatic rings. The van der Waals surface area contributed by atoms with E-state index in [-0.39, 0.29) is 35.5 Å². The Bertz CT molecular complexity index is 3970. The van der Waals surface area contributed by atoms with Crippen molar-refractivity contribution in [1.29, 1.82) is 0 Å². The van der Waals surface area contributed by atoms with Gasteiger partial charge in [0.25, 0.3) is 5.91 Å². The number of hydrogen-bond acceptors (Lipinski definition) is 7. The number of carboxylic acids is 1. The van der Waals surface area contributed by atoms with Gasteiger partial charge in [0.1, 0.15) is 0 Å². The maximum atomic E-state index is 13.2. The maximum Gasteiger partial charge on any atom is 0.338 e. The van der Waals surface area contributed by atoms with E-state index in [0.717, 1.165) is 92.2 Å². The summed E-state index contributed by atoms with van der Waals surface area (Å²) >= 11 is 6.82. The van der Waals surface area contributed by atoms with Crippen molar-refractivity contribution < 1.29 is 33.8 Å². The van der Waals surface area contributed by atoms with Crippen molar-refractivity contribution in [2.45, 2.75) is 80.6 Å². The minimum atomic E-state index is -0.927. The van der Waals surface area contributed by atoms with E-state index in [9.17, 15) is 24.3 Å². The lowest BCUT2D eigenvalue weighted by Crippen LogP contribution is -2.26. The van der Waals surface area contributed by atoms with E-state index in [1.54, 1.807) is 31.2 Å². The van der Waals surface area contributed by atoms with Crippen molar-refractivity contribution in [2.24, 2.45) is 5.73 Å². The van der Waals surface area contributed by atoms with Gasteiger partial charge >= 0.3 is 17.9 Å². The number of esters is 2. The van der Waals surface area contributed by atoms with Gasteiger partial charge < -0.3 is 34.8 Å². The highest BCUT2D eigenvalue weighted by atomic mass is 79.9. The molecule has 13 heteroatoms. The molecular formula is C70H68Br2N4O7. The first-order chi connectivity index (χ1) is 39.9. The molecule has 0 unspecified atom stereocenters. The van der Waals surface area contributed by atoms with Crippen LogP contribution in [0.4, 0.5) is 0 Å². The molecule has 0 saturated carbocycles. The molecule has 2 atom stereocenters. The summed E-state index contributed by atoms with van der Waals surface area (Å²) in [6, 6.07) is 58.7. The number of aromatic carboxylic acids is 1. The number of carboxylic acid groups (broad SMARTS) is 1. The van der Waals surface area contributed by atoms with Crippen LogP contribution in [0.25, 0.3) is 44.1 Å². The first kappa shape index (κ1) is 60.7. The molecule has 8 aromatic carbocycles. The summed E-state index contributed by atoms with van der Waals surface area (Å²) < 4.78 is 17.0. The second kappa shape index (κ2) is 27.6. The van der Waals surface area contributed by atoms with Crippen molar-refractivity contribution >= 4 is 77.5 Å². The summed E-state index contributed by atoms with van der Waals surface area (Å²) in [4.78, 5) is 49.2. The average molecular weight is 1240 g/mol. The predicted molar refractivity (Wildman–Crippen MR) is 340 cm³/mol. The Hall–Kier alpha value is -8.36. The number of aryl methyl sites for hydroxylation is 2. The minimum Gasteiger partial charge on any atom is -0.478 e. The van der Waals surface area contributed by atoms with E-state index in [0.29, 0.717) is 43.0 Å². The van der Waals surface area contributed by atoms with Crippen molar-refractivity contribution in [2.75, 3.05) is 13.2 Å². The van der Waals surface area contributed by atoms with E-state index in [1.165, 1.54) is 5.56 Å². The number of halogens is 2. The Labute approximate surface area is 502 Å². The third-order valence-corrected chi connectivity index (χ3v) is 16.0. The number of amides is 1. The molecule has 2 heterocycles. The van der Waals surface area contributed by atoms with Crippen LogP contribution in [-0.4, -0.2) is 51.3 Å². The molecule has 424 valence electrons. The van der Waals surface area contributed by atoms with Crippen LogP contribution in [0.5, 0.6) is 0 Å². The predicted octanol–water partition coefficient (Wildman–Crippen LogP) is 16.7. The molecule has 0 radical (unpaired) electrons. The summed E-state index contributed by atoms with van der Waals surface area (Å²) in [6.07, 6.45) is 0. The number of carbonyl (C=O) groups excluding carboxylic acids is 3. The third-order valence-electron chi connectivity index (χ3n) is 15.0. The van der Waals surface area contributed by atoms with Gasteiger partial charge in [0.05, 0.1) is 35.9 Å². The highest BCUT2D eigenvalue weighted by molar-refractivity contribution is 9.10. The first-order valence-electron chi connectivity index (χ1n) is 27.6. The Morgan fingerprint density at radius 2 is 0.940 bits per heavy atom. The van der Waals surface area contributed by atoms with Gasteiger partial charge in [-0.3, -0.25) is 4.79 Å². The lowest BCUT2D eigenvalue weighted by atomic mass is 9.98. The molecule has 0 aliphatic heterocycles. The van der Waals surface area contributed by atoms with Crippen LogP contribution in [0, 0.1) is 27.7 Å². The Balaban J connectivity index is 0.000000189. The number of rotatable bonds is 15. The van der Waals surface area contributed by atoms with Gasteiger partial charge in [0, 0.05) is 66.8 Å². The van der Waals surface area contributed by atoms with E-state index >= 15 is 0 Å². The summed E-state index contributed by atoms with van der Waals surface area (Å²) in [5.74, 6) is -1.67. The lowest BCUT2D eigenvalue weighted by Gasteiger charge is -2.15. The Kier molecular flexibility index (Phi) is 20.2. The smallest absolute Gasteiger partial charge is 0.338 e. The zero-order valence-electron chi connectivity index (χ0n) is 47.9. The largest absolute Gasteiger partial charge is 0.478 e. The SMILES string of the molecule is CCOC(=O)c1cccc(-c2ccccc2Cn2c(C)c(C)c3cc(C(=O)N[C@@H](C)c4ccc(Br)cc4)ccc32)c1.CCOC(=O)c1cccc(-c2ccccc2Cn2c(C)c(C)c3cc(C(=O)O)ccc32)c1.C[C@H](N)c1ccc(Br)cc1. The summed E-state index contributed by atoms with van der Waals surface area (Å²) in [5.41, 5.74) is 22.7. The average Bonchev–Trinajstić information content (AvgIpc) is 3.14. The van der Waals surface area contributed by atoms with Crippen LogP contribution in [0.3, 0.4) is 0 Å². The van der Waals surface area contributed by atoms with Crippen LogP contribution >= 0.6 is 31.9 Å². The van der Waals surface area contributed by atoms with Gasteiger partial charge in [-0.2, -0.15) is 0 Å². The van der Waals surface area contributed by atoms with E-state index < -0.39 is 5.97 Å². The van der Waals surface area contributed by atoms with Crippen LogP contribution in [-0.2, 0) is 22.6 Å². The molecule has 10 rings (SSSR count). The molecular weight excluding hydrogens is 1170 g/mol. The normalized spacial score (nSPS) is 11.7. The summed E-state index contributed by atoms with van der Waals surface area (Å²) in [5, 5.41) is 14.5. The molecule has 1 amide bonds. The van der Waals surface area contributed by atoms with Crippen molar-refractivity contribution in [3.05, 3.63) is 258 Å². The molecule has 11 nitrogen and oxygen atoms in total. The van der Waals surface area contributed by atoms with Crippen molar-refractivity contribution in [1.82, 2.24) is 14.5 Å². The maximum absolute atomic E-state index is 13.2. The molecule has 83 heavy (non-hydrogen) atoms. The fourth-order valence-electron chi connectivity index (χ4n) is 10.1. The fourth-order valence-corrected chi connectivity index (χ4v) is 10.7. The molecule has 0 saturated heterocycles. The molecule has 0 aliphatic carbocycles. The van der Waals surface area contributed by atoms with Crippen LogP contribution in [0.15, 0.2) is 191 Å². The van der Waals surface area contributed by atoms with Crippen molar-refractivity contribution in [3.63, 3.8) is 0 Å². The Morgan fingerprint density at radius 3 is 1.37 bits per heavy atom. The highest BCUT2D eigenvalue weighted by Crippen LogP contribution is 2.33. The van der Waals surface area contributed by atoms with E-state index in [4.69, 9.17) is 15.2 Å². The highest BCUT2D eigenvalue weighted by Gasteiger charge is 2.20. The van der Waals surface area contributed by atoms with Crippen LogP contribution in [0.1, 0.15) is 126 Å². The van der Waals surface area contributed by atoms with E-state index in [1.807, 2.05) is 161 Å². The number of fused-ring (bicyclic) bond motifs is 2. The summed E-state index contributed by atoms with van der Waals surface area (Å²) in [6.45, 7) is 17.8. The Morgan fingerprint density at radius 1 is 0.518 bits per heavy atom. The van der Waals surface area contributed by atoms with Gasteiger partial charge in [0.15, 0.2) is 0 Å². The zero-order chi connectivity index (χ0) is 59.5. The molecule has 0 aliphatic rings. The number of nitrogens with zero attached hydrogens (tertiary/aromatic N) is 2. The first-order valence-corrected chi connectivity index (χ1v) is 29.2. The van der Waals surface area contributed by atoms with Gasteiger partial charge in [0.2, 0.25) is 0 Å². The van der Waals surface area contributed by atoms with Gasteiger partial charge in [-0.05, 0) is 196 Å². The number of carbonyl (C=O) groups is 4. The second-order valence-electron chi connectivity index (χ2n) is 20.4. The van der Waals surface area contributed by atoms with Crippen LogP contribution < -0.4 is 11.1 Å². The molecule has 4 N–H and O–H groups in total. The van der Waals surface area contributed by atoms with Crippen LogP contribution in [0.2, 0.25) is 0 Å². The zero-order valence-corrected chi connectivity index (χ0v) is 51.1. The number of nitrogens with one attached hydrogen (secondary N) is 1. The van der Waals surface area contributed by atoms with Gasteiger partial charge in [-0.25, -0.2) is 14.4 Å². The fraction of sp³-hybridized carbons (Fsp3) is 0.200. The molecule has 0 fully saturated rings. The number of hydrogen-bond donors (Lipinski definition) is 3. The lowest BCUT2D eigenvalue weighted by molar-refractivity contribution is 0.0517. The van der Waals surface area contributed by atoms with E-state index in [2.05, 4.69) is 91.3 Å². The molecule has 0 bridgehead atoms. The molecule has 0 spiro atoms. The van der Waals surface area contributed by atoms with Gasteiger partial charge in [-0.1, -0.05) is 129 Å². The quantitative estimate of drug-likeness (QED) is 0.0857. The van der Waals surface area contributed by atoms with Crippen molar-refractivity contribution in [3.8, 4) is 22.3 Å². The molecule has 2 aromatic heterocycles. The third kappa shape index (κ3) is 14.5. The minimum absolute atomic E-state index is 0.0982. The number of aromatic nitrogens is 2. The number of benzene rings is 8.